The molecule has 0 spiro atoms. The average molecular weight is 767 g/mol. The van der Waals surface area contributed by atoms with Gasteiger partial charge in [0.15, 0.2) is 17.5 Å². The van der Waals surface area contributed by atoms with Crippen LogP contribution >= 0.6 is 22.7 Å². The van der Waals surface area contributed by atoms with Gasteiger partial charge in [-0.3, -0.25) is 0 Å². The molecule has 3 aromatic heterocycles. The fourth-order valence-corrected chi connectivity index (χ4v) is 11.4. The maximum Gasteiger partial charge on any atom is 0.164 e. The van der Waals surface area contributed by atoms with Gasteiger partial charge in [-0.05, 0) is 59.2 Å². The molecule has 3 aliphatic rings. The molecular formula is C51H34N4S2. The van der Waals surface area contributed by atoms with Gasteiger partial charge in [0.05, 0.1) is 6.04 Å². The highest BCUT2D eigenvalue weighted by Crippen LogP contribution is 2.48. The first-order valence-corrected chi connectivity index (χ1v) is 21.2. The fraction of sp³-hybridized carbons (Fsp3) is 0.0784. The molecule has 0 saturated heterocycles. The van der Waals surface area contributed by atoms with Gasteiger partial charge in [0.1, 0.15) is 0 Å². The summed E-state index contributed by atoms with van der Waals surface area (Å²) >= 11 is 3.77. The highest BCUT2D eigenvalue weighted by Gasteiger charge is 2.37. The minimum absolute atomic E-state index is 0.290. The van der Waals surface area contributed by atoms with Crippen LogP contribution in [0.3, 0.4) is 0 Å². The van der Waals surface area contributed by atoms with Crippen LogP contribution in [-0.2, 0) is 0 Å². The van der Waals surface area contributed by atoms with Crippen molar-refractivity contribution in [2.75, 3.05) is 4.90 Å². The Hall–Kier alpha value is -6.47. The van der Waals surface area contributed by atoms with Gasteiger partial charge < -0.3 is 4.90 Å². The minimum Gasteiger partial charge on any atom is -0.333 e. The van der Waals surface area contributed by atoms with Gasteiger partial charge in [0, 0.05) is 74.7 Å². The summed E-state index contributed by atoms with van der Waals surface area (Å²) in [6.45, 7) is 0. The summed E-state index contributed by atoms with van der Waals surface area (Å²) in [5, 5.41) is 5.15. The molecule has 0 radical (unpaired) electrons. The van der Waals surface area contributed by atoms with Crippen LogP contribution in [0.4, 0.5) is 11.4 Å². The zero-order chi connectivity index (χ0) is 37.5. The Bertz CT molecular complexity index is 3190. The molecule has 0 bridgehead atoms. The highest BCUT2D eigenvalue weighted by atomic mass is 32.1. The van der Waals surface area contributed by atoms with Crippen molar-refractivity contribution in [3.8, 4) is 34.2 Å². The topological polar surface area (TPSA) is 41.9 Å². The summed E-state index contributed by atoms with van der Waals surface area (Å²) in [5.74, 6) is 2.70. The molecule has 0 saturated carbocycles. The zero-order valence-corrected chi connectivity index (χ0v) is 32.4. The van der Waals surface area contributed by atoms with Crippen molar-refractivity contribution in [3.05, 3.63) is 185 Å². The summed E-state index contributed by atoms with van der Waals surface area (Å²) in [5.41, 5.74) is 8.28. The Kier molecular flexibility index (Phi) is 7.50. The lowest BCUT2D eigenvalue weighted by atomic mass is 9.91. The number of fused-ring (bicyclic) bond motifs is 9. The molecule has 3 unspecified atom stereocenters. The van der Waals surface area contributed by atoms with E-state index in [1.165, 1.54) is 62.5 Å². The third kappa shape index (κ3) is 5.36. The number of anilines is 2. The molecule has 2 aliphatic carbocycles. The molecule has 12 rings (SSSR count). The van der Waals surface area contributed by atoms with Crippen LogP contribution in [0.2, 0.25) is 0 Å². The van der Waals surface area contributed by atoms with E-state index in [1.807, 2.05) is 59.1 Å². The number of nitrogens with zero attached hydrogens (tertiary/aromatic N) is 4. The lowest BCUT2D eigenvalue weighted by molar-refractivity contribution is 0.745. The van der Waals surface area contributed by atoms with E-state index in [9.17, 15) is 0 Å². The van der Waals surface area contributed by atoms with E-state index in [0.29, 0.717) is 29.3 Å². The normalized spacial score (nSPS) is 18.0. The van der Waals surface area contributed by atoms with Gasteiger partial charge in [0.2, 0.25) is 0 Å². The van der Waals surface area contributed by atoms with Gasteiger partial charge in [0.25, 0.3) is 0 Å². The first-order valence-electron chi connectivity index (χ1n) is 19.5. The number of allylic oxidation sites excluding steroid dienone is 2. The van der Waals surface area contributed by atoms with Crippen LogP contribution < -0.4 is 14.7 Å². The molecule has 9 aromatic rings. The van der Waals surface area contributed by atoms with E-state index in [2.05, 4.69) is 144 Å². The van der Waals surface area contributed by atoms with E-state index in [1.54, 1.807) is 0 Å². The SMILES string of the molecule is C1=CC2c3ccccc3N(c3ccc4sc5c(c4c3)=CC(c3ccc4c(c3)sc3cccc(-c6nc(-c7ccccc7)nc(-c7ccccc7)n6)c34)CC=5)C2C=C1. The third-order valence-corrected chi connectivity index (χ3v) is 14.1. The minimum atomic E-state index is 0.290. The Labute approximate surface area is 337 Å². The number of benzene rings is 6. The van der Waals surface area contributed by atoms with Gasteiger partial charge in [-0.2, -0.15) is 0 Å². The van der Waals surface area contributed by atoms with Gasteiger partial charge in [-0.1, -0.05) is 140 Å². The Morgan fingerprint density at radius 3 is 2.16 bits per heavy atom. The zero-order valence-electron chi connectivity index (χ0n) is 30.8. The molecule has 57 heavy (non-hydrogen) atoms. The second kappa shape index (κ2) is 13.1. The standard InChI is InChI=1S/C51H34N4S2/c1-3-12-31(13-4-1)49-52-50(32-14-5-2-6-15-32)54-51(53-49)39-18-11-21-46-48(39)38-25-22-34(29-47(38)57-46)33-23-26-44-40(28-33)41-30-35(24-27-45(41)56-44)55-42-19-9-7-16-36(42)37-17-8-10-20-43(37)55/h1-22,24-30,33,36,42H,23H2. The molecule has 0 fully saturated rings. The lowest BCUT2D eigenvalue weighted by Gasteiger charge is -2.28. The van der Waals surface area contributed by atoms with E-state index < -0.39 is 0 Å². The van der Waals surface area contributed by atoms with Crippen LogP contribution in [-0.4, -0.2) is 21.0 Å². The van der Waals surface area contributed by atoms with Crippen LogP contribution in [0.1, 0.15) is 29.4 Å². The summed E-state index contributed by atoms with van der Waals surface area (Å²) in [7, 11) is 0. The Morgan fingerprint density at radius 2 is 1.33 bits per heavy atom. The van der Waals surface area contributed by atoms with Crippen LogP contribution in [0.15, 0.2) is 164 Å². The van der Waals surface area contributed by atoms with Crippen molar-refractivity contribution in [2.24, 2.45) is 0 Å². The third-order valence-electron chi connectivity index (χ3n) is 11.8. The molecular weight excluding hydrogens is 733 g/mol. The molecule has 3 atom stereocenters. The van der Waals surface area contributed by atoms with Crippen LogP contribution in [0, 0.1) is 0 Å². The Balaban J connectivity index is 0.944. The fourth-order valence-electron chi connectivity index (χ4n) is 9.11. The maximum absolute atomic E-state index is 5.10. The number of aromatic nitrogens is 3. The highest BCUT2D eigenvalue weighted by molar-refractivity contribution is 7.26. The van der Waals surface area contributed by atoms with E-state index in [4.69, 9.17) is 15.0 Å². The van der Waals surface area contributed by atoms with Crippen molar-refractivity contribution in [1.82, 2.24) is 15.0 Å². The molecule has 0 N–H and O–H groups in total. The molecule has 6 heteroatoms. The summed E-state index contributed by atoms with van der Waals surface area (Å²) in [4.78, 5) is 17.7. The second-order valence-electron chi connectivity index (χ2n) is 15.1. The molecule has 270 valence electrons. The summed E-state index contributed by atoms with van der Waals surface area (Å²) < 4.78 is 5.24. The first-order chi connectivity index (χ1) is 28.2. The van der Waals surface area contributed by atoms with Crippen LogP contribution in [0.5, 0.6) is 0 Å². The largest absolute Gasteiger partial charge is 0.333 e. The van der Waals surface area contributed by atoms with Crippen molar-refractivity contribution >= 4 is 76.5 Å². The number of rotatable bonds is 5. The predicted octanol–water partition coefficient (Wildman–Crippen LogP) is 11.9. The molecule has 6 aromatic carbocycles. The number of hydrogen-bond donors (Lipinski definition) is 0. The van der Waals surface area contributed by atoms with Gasteiger partial charge in [-0.15, -0.1) is 22.7 Å². The maximum atomic E-state index is 5.10. The smallest absolute Gasteiger partial charge is 0.164 e. The van der Waals surface area contributed by atoms with E-state index >= 15 is 0 Å². The molecule has 4 heterocycles. The predicted molar refractivity (Wildman–Crippen MR) is 240 cm³/mol. The van der Waals surface area contributed by atoms with Crippen molar-refractivity contribution in [2.45, 2.75) is 24.3 Å². The van der Waals surface area contributed by atoms with Crippen LogP contribution in [0.25, 0.3) is 76.6 Å². The lowest BCUT2D eigenvalue weighted by Crippen LogP contribution is -2.28. The van der Waals surface area contributed by atoms with Gasteiger partial charge in [-0.25, -0.2) is 15.0 Å². The number of hydrogen-bond acceptors (Lipinski definition) is 6. The average Bonchev–Trinajstić information content (AvgIpc) is 3.95. The summed E-state index contributed by atoms with van der Waals surface area (Å²) in [6, 6.07) is 50.3. The van der Waals surface area contributed by atoms with E-state index in [-0.39, 0.29) is 6.04 Å². The quantitative estimate of drug-likeness (QED) is 0.175. The van der Waals surface area contributed by atoms with Crippen molar-refractivity contribution in [3.63, 3.8) is 0 Å². The number of thiophene rings is 2. The van der Waals surface area contributed by atoms with Crippen molar-refractivity contribution in [1.29, 1.82) is 0 Å². The van der Waals surface area contributed by atoms with Crippen molar-refractivity contribution < 1.29 is 0 Å². The monoisotopic (exact) mass is 766 g/mol. The van der Waals surface area contributed by atoms with Gasteiger partial charge >= 0.3 is 0 Å². The number of para-hydroxylation sites is 1. The summed E-state index contributed by atoms with van der Waals surface area (Å²) in [6.07, 6.45) is 15.1. The van der Waals surface area contributed by atoms with E-state index in [0.717, 1.165) is 23.1 Å². The molecule has 1 aliphatic heterocycles. The first kappa shape index (κ1) is 32.7. The second-order valence-corrected chi connectivity index (χ2v) is 17.2. The molecule has 0 amide bonds. The molecule has 4 nitrogen and oxygen atoms in total. The Morgan fingerprint density at radius 1 is 0.579 bits per heavy atom.